The van der Waals surface area contributed by atoms with Crippen LogP contribution in [-0.2, 0) is 25.7 Å². The summed E-state index contributed by atoms with van der Waals surface area (Å²) in [7, 11) is 0. The number of imide groups is 1. The molecule has 25 heavy (non-hydrogen) atoms. The predicted octanol–water partition coefficient (Wildman–Crippen LogP) is 1.59. The molecule has 0 bridgehead atoms. The summed E-state index contributed by atoms with van der Waals surface area (Å²) < 4.78 is 5.11. The summed E-state index contributed by atoms with van der Waals surface area (Å²) in [6.45, 7) is 3.69. The van der Waals surface area contributed by atoms with E-state index in [2.05, 4.69) is 0 Å². The van der Waals surface area contributed by atoms with Crippen molar-refractivity contribution in [1.82, 2.24) is 9.80 Å². The first kappa shape index (κ1) is 17.6. The molecule has 2 aliphatic rings. The molecule has 2 amide bonds. The maximum atomic E-state index is 12.8. The van der Waals surface area contributed by atoms with E-state index in [9.17, 15) is 14.4 Å². The molecule has 2 atom stereocenters. The quantitative estimate of drug-likeness (QED) is 0.599. The molecule has 0 radical (unpaired) electrons. The van der Waals surface area contributed by atoms with Gasteiger partial charge in [0, 0.05) is 6.54 Å². The fraction of sp³-hybridized carbons (Fsp3) is 0.526. The van der Waals surface area contributed by atoms with Crippen LogP contribution in [0.2, 0.25) is 0 Å². The van der Waals surface area contributed by atoms with Crippen LogP contribution in [0.5, 0.6) is 0 Å². The van der Waals surface area contributed by atoms with Crippen LogP contribution < -0.4 is 0 Å². The summed E-state index contributed by atoms with van der Waals surface area (Å²) in [4.78, 5) is 40.4. The first-order valence-electron chi connectivity index (χ1n) is 8.89. The molecule has 0 aromatic heterocycles. The van der Waals surface area contributed by atoms with Crippen LogP contribution in [0.3, 0.4) is 0 Å². The molecule has 1 aromatic carbocycles. The Labute approximate surface area is 147 Å². The average molecular weight is 344 g/mol. The molecule has 0 unspecified atom stereocenters. The van der Waals surface area contributed by atoms with Crippen LogP contribution in [0.4, 0.5) is 0 Å². The van der Waals surface area contributed by atoms with Crippen LogP contribution in [0.1, 0.15) is 31.7 Å². The number of amides is 2. The highest BCUT2D eigenvalue weighted by Crippen LogP contribution is 2.26. The van der Waals surface area contributed by atoms with Gasteiger partial charge in [0.1, 0.15) is 0 Å². The first-order chi connectivity index (χ1) is 12.1. The Morgan fingerprint density at radius 1 is 1.24 bits per heavy atom. The summed E-state index contributed by atoms with van der Waals surface area (Å²) in [5.74, 6) is -0.708. The zero-order valence-corrected chi connectivity index (χ0v) is 14.5. The Hall–Kier alpha value is -2.21. The number of ether oxygens (including phenoxy) is 1. The topological polar surface area (TPSA) is 66.9 Å². The lowest BCUT2D eigenvalue weighted by atomic mass is 9.96. The van der Waals surface area contributed by atoms with Crippen molar-refractivity contribution in [2.24, 2.45) is 5.92 Å². The van der Waals surface area contributed by atoms with Crippen molar-refractivity contribution in [3.05, 3.63) is 35.9 Å². The third-order valence-electron chi connectivity index (χ3n) is 4.92. The van der Waals surface area contributed by atoms with Crippen molar-refractivity contribution in [2.45, 2.75) is 38.8 Å². The highest BCUT2D eigenvalue weighted by molar-refractivity contribution is 6.05. The number of carbonyl (C=O) groups excluding carboxylic acids is 3. The van der Waals surface area contributed by atoms with Crippen molar-refractivity contribution < 1.29 is 19.1 Å². The SMILES string of the molecule is CCOC(=O)[C@@H]1CCCN([C@@H]2CC(=O)N(Cc3ccccc3)C2=O)C1. The molecule has 1 aromatic rings. The maximum Gasteiger partial charge on any atom is 0.310 e. The van der Waals surface area contributed by atoms with Crippen molar-refractivity contribution in [3.63, 3.8) is 0 Å². The number of benzene rings is 1. The Morgan fingerprint density at radius 3 is 2.72 bits per heavy atom. The van der Waals surface area contributed by atoms with Gasteiger partial charge >= 0.3 is 5.97 Å². The maximum absolute atomic E-state index is 12.8. The van der Waals surface area contributed by atoms with Gasteiger partial charge in [0.15, 0.2) is 0 Å². The molecular formula is C19H24N2O4. The smallest absolute Gasteiger partial charge is 0.310 e. The fourth-order valence-corrected chi connectivity index (χ4v) is 3.63. The Morgan fingerprint density at radius 2 is 2.00 bits per heavy atom. The van der Waals surface area contributed by atoms with E-state index in [4.69, 9.17) is 4.74 Å². The molecule has 6 heteroatoms. The molecule has 2 fully saturated rings. The minimum absolute atomic E-state index is 0.142. The Bertz CT molecular complexity index is 646. The third kappa shape index (κ3) is 3.90. The average Bonchev–Trinajstić information content (AvgIpc) is 2.91. The van der Waals surface area contributed by atoms with E-state index in [1.807, 2.05) is 35.2 Å². The summed E-state index contributed by atoms with van der Waals surface area (Å²) in [6, 6.07) is 9.06. The Balaban J connectivity index is 1.66. The van der Waals surface area contributed by atoms with Crippen molar-refractivity contribution >= 4 is 17.8 Å². The minimum Gasteiger partial charge on any atom is -0.466 e. The van der Waals surface area contributed by atoms with E-state index in [0.29, 0.717) is 19.7 Å². The predicted molar refractivity (Wildman–Crippen MR) is 91.3 cm³/mol. The molecule has 0 spiro atoms. The standard InChI is InChI=1S/C19H24N2O4/c1-2-25-19(24)15-9-6-10-20(13-15)16-11-17(22)21(18(16)23)12-14-7-4-3-5-8-14/h3-5,7-8,15-16H,2,6,9-13H2,1H3/t15-,16-/m1/s1. The normalized spacial score (nSPS) is 24.6. The van der Waals surface area contributed by atoms with Crippen LogP contribution in [0.15, 0.2) is 30.3 Å². The van der Waals surface area contributed by atoms with E-state index in [1.54, 1.807) is 6.92 Å². The lowest BCUT2D eigenvalue weighted by molar-refractivity contribution is -0.151. The molecule has 2 heterocycles. The van der Waals surface area contributed by atoms with Crippen LogP contribution in [0, 0.1) is 5.92 Å². The molecule has 3 rings (SSSR count). The number of likely N-dealkylation sites (tertiary alicyclic amines) is 2. The number of carbonyl (C=O) groups is 3. The monoisotopic (exact) mass is 344 g/mol. The number of esters is 1. The molecule has 0 saturated carbocycles. The molecule has 134 valence electrons. The zero-order chi connectivity index (χ0) is 17.8. The van der Waals surface area contributed by atoms with Gasteiger partial charge in [-0.2, -0.15) is 0 Å². The van der Waals surface area contributed by atoms with Gasteiger partial charge < -0.3 is 4.74 Å². The van der Waals surface area contributed by atoms with Crippen LogP contribution >= 0.6 is 0 Å². The second-order valence-corrected chi connectivity index (χ2v) is 6.61. The highest BCUT2D eigenvalue weighted by Gasteiger charge is 2.43. The van der Waals surface area contributed by atoms with Gasteiger partial charge in [-0.25, -0.2) is 0 Å². The molecule has 6 nitrogen and oxygen atoms in total. The molecule has 0 aliphatic carbocycles. The van der Waals surface area contributed by atoms with Gasteiger partial charge in [-0.15, -0.1) is 0 Å². The van der Waals surface area contributed by atoms with Gasteiger partial charge in [0.05, 0.1) is 31.5 Å². The number of nitrogens with zero attached hydrogens (tertiary/aromatic N) is 2. The van der Waals surface area contributed by atoms with Crippen LogP contribution in [0.25, 0.3) is 0 Å². The van der Waals surface area contributed by atoms with E-state index in [-0.39, 0.29) is 30.1 Å². The van der Waals surface area contributed by atoms with Gasteiger partial charge in [-0.1, -0.05) is 30.3 Å². The third-order valence-corrected chi connectivity index (χ3v) is 4.92. The zero-order valence-electron chi connectivity index (χ0n) is 14.5. The lowest BCUT2D eigenvalue weighted by Gasteiger charge is -2.34. The fourth-order valence-electron chi connectivity index (χ4n) is 3.63. The summed E-state index contributed by atoms with van der Waals surface area (Å²) in [5, 5.41) is 0. The van der Waals surface area contributed by atoms with Crippen molar-refractivity contribution in [3.8, 4) is 0 Å². The summed E-state index contributed by atoms with van der Waals surface area (Å²) in [6.07, 6.45) is 1.80. The van der Waals surface area contributed by atoms with Gasteiger partial charge in [0.25, 0.3) is 0 Å². The van der Waals surface area contributed by atoms with E-state index < -0.39 is 6.04 Å². The van der Waals surface area contributed by atoms with Crippen molar-refractivity contribution in [2.75, 3.05) is 19.7 Å². The highest BCUT2D eigenvalue weighted by atomic mass is 16.5. The number of rotatable bonds is 5. The molecule has 2 saturated heterocycles. The molecule has 2 aliphatic heterocycles. The van der Waals surface area contributed by atoms with E-state index in [0.717, 1.165) is 24.9 Å². The Kier molecular flexibility index (Phi) is 5.48. The van der Waals surface area contributed by atoms with E-state index >= 15 is 0 Å². The molecule has 0 N–H and O–H groups in total. The largest absolute Gasteiger partial charge is 0.466 e. The molecular weight excluding hydrogens is 320 g/mol. The summed E-state index contributed by atoms with van der Waals surface area (Å²) in [5.41, 5.74) is 0.938. The minimum atomic E-state index is -0.451. The number of hydrogen-bond acceptors (Lipinski definition) is 5. The van der Waals surface area contributed by atoms with E-state index in [1.165, 1.54) is 4.90 Å². The van der Waals surface area contributed by atoms with Crippen LogP contribution in [-0.4, -0.2) is 53.3 Å². The number of hydrogen-bond donors (Lipinski definition) is 0. The second kappa shape index (κ2) is 7.78. The second-order valence-electron chi connectivity index (χ2n) is 6.61. The van der Waals surface area contributed by atoms with Gasteiger partial charge in [-0.05, 0) is 31.9 Å². The summed E-state index contributed by atoms with van der Waals surface area (Å²) >= 11 is 0. The lowest BCUT2D eigenvalue weighted by Crippen LogP contribution is -2.48. The number of piperidine rings is 1. The first-order valence-corrected chi connectivity index (χ1v) is 8.89. The van der Waals surface area contributed by atoms with Gasteiger partial charge in [-0.3, -0.25) is 24.2 Å². The van der Waals surface area contributed by atoms with Crippen molar-refractivity contribution in [1.29, 1.82) is 0 Å². The van der Waals surface area contributed by atoms with Gasteiger partial charge in [0.2, 0.25) is 11.8 Å².